The summed E-state index contributed by atoms with van der Waals surface area (Å²) in [5, 5.41) is 0.223. The Hall–Kier alpha value is -1.22. The van der Waals surface area contributed by atoms with Crippen LogP contribution in [0.1, 0.15) is 13.3 Å². The number of sulfonamides is 1. The van der Waals surface area contributed by atoms with Crippen molar-refractivity contribution in [2.24, 2.45) is 0 Å². The molecule has 0 radical (unpaired) electrons. The number of nitrogens with two attached hydrogens (primary N) is 1. The van der Waals surface area contributed by atoms with Gasteiger partial charge in [0.1, 0.15) is 0 Å². The Bertz CT molecular complexity index is 559. The van der Waals surface area contributed by atoms with E-state index in [1.165, 1.54) is 18.2 Å². The fraction of sp³-hybridized carbons (Fsp3) is 0.273. The standard InChI is InChI=1S/C11H13ClN2O2S/c1-2-3-4-7-14-17(15,16)9-5-6-11(13)10(12)8-9/h5-6,8,14H,4,7,13H2,1H3. The first-order valence-corrected chi connectivity index (χ1v) is 6.78. The molecule has 1 aromatic carbocycles. The van der Waals surface area contributed by atoms with Gasteiger partial charge in [-0.3, -0.25) is 0 Å². The first-order valence-electron chi connectivity index (χ1n) is 4.91. The van der Waals surface area contributed by atoms with Crippen LogP contribution in [-0.4, -0.2) is 15.0 Å². The van der Waals surface area contributed by atoms with Gasteiger partial charge in [-0.1, -0.05) is 11.6 Å². The molecule has 0 saturated heterocycles. The zero-order chi connectivity index (χ0) is 12.9. The molecule has 0 bridgehead atoms. The van der Waals surface area contributed by atoms with Crippen LogP contribution < -0.4 is 10.5 Å². The summed E-state index contributed by atoms with van der Waals surface area (Å²) in [5.74, 6) is 5.46. The Morgan fingerprint density at radius 3 is 2.76 bits per heavy atom. The molecule has 1 aromatic rings. The second-order valence-corrected chi connectivity index (χ2v) is 5.43. The second kappa shape index (κ2) is 5.92. The number of hydrogen-bond donors (Lipinski definition) is 2. The van der Waals surface area contributed by atoms with E-state index in [1.54, 1.807) is 6.92 Å². The SMILES string of the molecule is CC#CCCNS(=O)(=O)c1ccc(N)c(Cl)c1. The Kier molecular flexibility index (Phi) is 4.82. The summed E-state index contributed by atoms with van der Waals surface area (Å²) >= 11 is 5.76. The van der Waals surface area contributed by atoms with Gasteiger partial charge in [-0.05, 0) is 25.1 Å². The summed E-state index contributed by atoms with van der Waals surface area (Å²) in [4.78, 5) is 0.0983. The van der Waals surface area contributed by atoms with Crippen molar-refractivity contribution in [3.8, 4) is 11.8 Å². The minimum absolute atomic E-state index is 0.0983. The van der Waals surface area contributed by atoms with Gasteiger partial charge in [-0.15, -0.1) is 11.8 Å². The molecule has 0 amide bonds. The fourth-order valence-electron chi connectivity index (χ4n) is 1.13. The largest absolute Gasteiger partial charge is 0.398 e. The van der Waals surface area contributed by atoms with E-state index in [1.807, 2.05) is 0 Å². The topological polar surface area (TPSA) is 72.2 Å². The molecule has 6 heteroatoms. The van der Waals surface area contributed by atoms with Gasteiger partial charge in [0.25, 0.3) is 0 Å². The average molecular weight is 273 g/mol. The highest BCUT2D eigenvalue weighted by Crippen LogP contribution is 2.22. The maximum atomic E-state index is 11.8. The average Bonchev–Trinajstić information content (AvgIpc) is 2.28. The Morgan fingerprint density at radius 1 is 1.47 bits per heavy atom. The highest BCUT2D eigenvalue weighted by atomic mass is 35.5. The summed E-state index contributed by atoms with van der Waals surface area (Å²) < 4.78 is 26.0. The molecule has 0 aliphatic carbocycles. The highest BCUT2D eigenvalue weighted by molar-refractivity contribution is 7.89. The van der Waals surface area contributed by atoms with Crippen LogP contribution in [0.5, 0.6) is 0 Å². The van der Waals surface area contributed by atoms with Gasteiger partial charge in [0.15, 0.2) is 0 Å². The van der Waals surface area contributed by atoms with E-state index in [0.717, 1.165) is 0 Å². The zero-order valence-electron chi connectivity index (χ0n) is 9.33. The van der Waals surface area contributed by atoms with Gasteiger partial charge in [0.05, 0.1) is 15.6 Å². The molecule has 92 valence electrons. The first-order chi connectivity index (χ1) is 7.97. The Morgan fingerprint density at radius 2 is 2.18 bits per heavy atom. The molecule has 0 aliphatic heterocycles. The van der Waals surface area contributed by atoms with E-state index < -0.39 is 10.0 Å². The lowest BCUT2D eigenvalue weighted by atomic mass is 10.3. The van der Waals surface area contributed by atoms with Crippen molar-refractivity contribution in [2.45, 2.75) is 18.2 Å². The van der Waals surface area contributed by atoms with Crippen molar-refractivity contribution in [1.29, 1.82) is 0 Å². The third-order valence-electron chi connectivity index (χ3n) is 2.00. The highest BCUT2D eigenvalue weighted by Gasteiger charge is 2.14. The molecular weight excluding hydrogens is 260 g/mol. The van der Waals surface area contributed by atoms with Crippen LogP contribution >= 0.6 is 11.6 Å². The molecule has 0 unspecified atom stereocenters. The molecule has 0 spiro atoms. The normalized spacial score (nSPS) is 10.7. The second-order valence-electron chi connectivity index (χ2n) is 3.26. The monoisotopic (exact) mass is 272 g/mol. The van der Waals surface area contributed by atoms with Crippen LogP contribution in [0.2, 0.25) is 5.02 Å². The summed E-state index contributed by atoms with van der Waals surface area (Å²) in [5.41, 5.74) is 5.86. The molecule has 0 atom stereocenters. The van der Waals surface area contributed by atoms with Gasteiger partial charge in [0.2, 0.25) is 10.0 Å². The van der Waals surface area contributed by atoms with E-state index in [9.17, 15) is 8.42 Å². The maximum Gasteiger partial charge on any atom is 0.240 e. The van der Waals surface area contributed by atoms with E-state index in [4.69, 9.17) is 17.3 Å². The molecule has 3 N–H and O–H groups in total. The number of rotatable bonds is 4. The van der Waals surface area contributed by atoms with Gasteiger partial charge in [0, 0.05) is 13.0 Å². The van der Waals surface area contributed by atoms with E-state index in [2.05, 4.69) is 16.6 Å². The van der Waals surface area contributed by atoms with Crippen LogP contribution in [0.4, 0.5) is 5.69 Å². The summed E-state index contributed by atoms with van der Waals surface area (Å²) in [6, 6.07) is 4.20. The van der Waals surface area contributed by atoms with Gasteiger partial charge < -0.3 is 5.73 Å². The first kappa shape index (κ1) is 13.8. The van der Waals surface area contributed by atoms with Crippen molar-refractivity contribution in [2.75, 3.05) is 12.3 Å². The van der Waals surface area contributed by atoms with Crippen molar-refractivity contribution < 1.29 is 8.42 Å². The van der Waals surface area contributed by atoms with Crippen LogP contribution in [0.3, 0.4) is 0 Å². The smallest absolute Gasteiger partial charge is 0.240 e. The lowest BCUT2D eigenvalue weighted by Crippen LogP contribution is -2.24. The summed E-state index contributed by atoms with van der Waals surface area (Å²) in [6.07, 6.45) is 0.471. The van der Waals surface area contributed by atoms with E-state index in [-0.39, 0.29) is 16.5 Å². The summed E-state index contributed by atoms with van der Waals surface area (Å²) in [6.45, 7) is 1.97. The number of nitrogens with one attached hydrogen (secondary N) is 1. The number of anilines is 1. The third-order valence-corrected chi connectivity index (χ3v) is 3.79. The minimum atomic E-state index is -3.54. The third kappa shape index (κ3) is 3.93. The molecular formula is C11H13ClN2O2S. The zero-order valence-corrected chi connectivity index (χ0v) is 10.9. The predicted molar refractivity (Wildman–Crippen MR) is 69.1 cm³/mol. The van der Waals surface area contributed by atoms with Crippen LogP contribution in [0.25, 0.3) is 0 Å². The number of halogens is 1. The van der Waals surface area contributed by atoms with Crippen molar-refractivity contribution >= 4 is 27.3 Å². The van der Waals surface area contributed by atoms with E-state index in [0.29, 0.717) is 12.1 Å². The molecule has 0 fully saturated rings. The maximum absolute atomic E-state index is 11.8. The quantitative estimate of drug-likeness (QED) is 0.497. The summed E-state index contributed by atoms with van der Waals surface area (Å²) in [7, 11) is -3.54. The Labute approximate surface area is 106 Å². The fourth-order valence-corrected chi connectivity index (χ4v) is 2.43. The van der Waals surface area contributed by atoms with Crippen LogP contribution in [0, 0.1) is 11.8 Å². The van der Waals surface area contributed by atoms with E-state index >= 15 is 0 Å². The lowest BCUT2D eigenvalue weighted by Gasteiger charge is -2.06. The van der Waals surface area contributed by atoms with Gasteiger partial charge in [-0.2, -0.15) is 0 Å². The molecule has 17 heavy (non-hydrogen) atoms. The molecule has 0 aromatic heterocycles. The van der Waals surface area contributed by atoms with Crippen LogP contribution in [-0.2, 0) is 10.0 Å². The minimum Gasteiger partial charge on any atom is -0.398 e. The molecule has 0 saturated carbocycles. The number of hydrogen-bond acceptors (Lipinski definition) is 3. The Balaban J connectivity index is 2.81. The molecule has 0 heterocycles. The molecule has 1 rings (SSSR count). The predicted octanol–water partition coefficient (Wildman–Crippen LogP) is 1.61. The number of benzene rings is 1. The van der Waals surface area contributed by atoms with Crippen LogP contribution in [0.15, 0.2) is 23.1 Å². The molecule has 4 nitrogen and oxygen atoms in total. The van der Waals surface area contributed by atoms with Gasteiger partial charge >= 0.3 is 0 Å². The number of nitrogen functional groups attached to an aromatic ring is 1. The van der Waals surface area contributed by atoms with Crippen molar-refractivity contribution in [3.63, 3.8) is 0 Å². The van der Waals surface area contributed by atoms with Gasteiger partial charge in [-0.25, -0.2) is 13.1 Å². The molecule has 0 aliphatic rings. The lowest BCUT2D eigenvalue weighted by molar-refractivity contribution is 0.582. The van der Waals surface area contributed by atoms with Crippen molar-refractivity contribution in [3.05, 3.63) is 23.2 Å². The van der Waals surface area contributed by atoms with Crippen molar-refractivity contribution in [1.82, 2.24) is 4.72 Å².